The number of aromatic nitrogens is 3. The van der Waals surface area contributed by atoms with Gasteiger partial charge in [-0.25, -0.2) is 15.0 Å². The minimum atomic E-state index is -0.156. The number of ether oxygens (including phenoxy) is 1. The van der Waals surface area contributed by atoms with E-state index in [2.05, 4.69) is 44.6 Å². The molecule has 0 spiro atoms. The van der Waals surface area contributed by atoms with Gasteiger partial charge in [0.25, 0.3) is 0 Å². The molecule has 0 atom stereocenters. The Labute approximate surface area is 162 Å². The van der Waals surface area contributed by atoms with Crippen LogP contribution in [0.3, 0.4) is 0 Å². The van der Waals surface area contributed by atoms with Crippen LogP contribution in [-0.4, -0.2) is 26.3 Å². The molecule has 1 aliphatic heterocycles. The van der Waals surface area contributed by atoms with Crippen LogP contribution in [0.15, 0.2) is 11.4 Å². The predicted molar refractivity (Wildman–Crippen MR) is 110 cm³/mol. The van der Waals surface area contributed by atoms with Gasteiger partial charge in [-0.2, -0.15) is 0 Å². The first kappa shape index (κ1) is 18.1. The molecule has 4 heterocycles. The van der Waals surface area contributed by atoms with Gasteiger partial charge >= 0.3 is 0 Å². The Hall–Kier alpha value is -1.24. The maximum atomic E-state index is 6.12. The van der Waals surface area contributed by atoms with E-state index in [1.54, 1.807) is 17.7 Å². The molecular formula is C20H25N3OS2. The van der Waals surface area contributed by atoms with Gasteiger partial charge < -0.3 is 4.74 Å². The average molecular weight is 388 g/mol. The summed E-state index contributed by atoms with van der Waals surface area (Å²) in [5.41, 5.74) is 4.73. The van der Waals surface area contributed by atoms with E-state index in [0.29, 0.717) is 12.5 Å². The molecule has 0 saturated heterocycles. The molecule has 0 fully saturated rings. The smallest absolute Gasteiger partial charge is 0.126 e. The number of fused-ring (bicyclic) bond motifs is 5. The van der Waals surface area contributed by atoms with Crippen molar-refractivity contribution >= 4 is 43.5 Å². The summed E-state index contributed by atoms with van der Waals surface area (Å²) in [7, 11) is 0. The normalized spacial score (nSPS) is 16.5. The Balaban J connectivity index is 2.03. The fraction of sp³-hybridized carbons (Fsp3) is 0.550. The maximum Gasteiger partial charge on any atom is 0.126 e. The first-order chi connectivity index (χ1) is 12.4. The molecule has 0 amide bonds. The van der Waals surface area contributed by atoms with Crippen LogP contribution < -0.4 is 0 Å². The van der Waals surface area contributed by atoms with Crippen LogP contribution >= 0.6 is 23.1 Å². The number of thiophene rings is 1. The van der Waals surface area contributed by atoms with Crippen molar-refractivity contribution < 1.29 is 4.74 Å². The Morgan fingerprint density at radius 3 is 2.81 bits per heavy atom. The molecule has 0 aliphatic carbocycles. The van der Waals surface area contributed by atoms with E-state index in [1.165, 1.54) is 26.9 Å². The largest absolute Gasteiger partial charge is 0.370 e. The zero-order valence-corrected chi connectivity index (χ0v) is 17.7. The van der Waals surface area contributed by atoms with E-state index in [4.69, 9.17) is 9.72 Å². The molecular weight excluding hydrogens is 362 g/mol. The summed E-state index contributed by atoms with van der Waals surface area (Å²) in [6.07, 6.45) is 3.74. The molecule has 0 saturated carbocycles. The highest BCUT2D eigenvalue weighted by molar-refractivity contribution is 7.99. The number of hydrogen-bond donors (Lipinski definition) is 0. The summed E-state index contributed by atoms with van der Waals surface area (Å²) in [4.78, 5) is 15.4. The SMILES string of the molecule is CCCSc1ncnc2c1sc1nc(C(C)C)c3c(c12)CC(C)(C)OC3. The highest BCUT2D eigenvalue weighted by Gasteiger charge is 2.32. The number of hydrogen-bond acceptors (Lipinski definition) is 6. The Bertz CT molecular complexity index is 978. The van der Waals surface area contributed by atoms with Gasteiger partial charge in [0.2, 0.25) is 0 Å². The second-order valence-corrected chi connectivity index (χ2v) is 9.90. The lowest BCUT2D eigenvalue weighted by Crippen LogP contribution is -2.32. The molecule has 0 N–H and O–H groups in total. The van der Waals surface area contributed by atoms with Crippen molar-refractivity contribution in [2.45, 2.75) is 70.6 Å². The number of pyridine rings is 1. The van der Waals surface area contributed by atoms with Crippen molar-refractivity contribution in [2.24, 2.45) is 0 Å². The van der Waals surface area contributed by atoms with Gasteiger partial charge in [0.1, 0.15) is 16.2 Å². The van der Waals surface area contributed by atoms with Gasteiger partial charge in [-0.15, -0.1) is 23.1 Å². The van der Waals surface area contributed by atoms with Crippen LogP contribution in [0.25, 0.3) is 20.4 Å². The Morgan fingerprint density at radius 2 is 2.08 bits per heavy atom. The van der Waals surface area contributed by atoms with E-state index in [9.17, 15) is 0 Å². The van der Waals surface area contributed by atoms with E-state index in [1.807, 2.05) is 11.8 Å². The molecule has 3 aromatic rings. The molecule has 0 radical (unpaired) electrons. The van der Waals surface area contributed by atoms with E-state index in [0.717, 1.165) is 34.0 Å². The standard InChI is InChI=1S/C20H25N3OS2/c1-6-7-25-19-17-16(21-10-22-19)14-12-8-20(4,5)24-9-13(12)15(11(2)3)23-18(14)26-17/h10-11H,6-9H2,1-5H3. The third kappa shape index (κ3) is 3.02. The molecule has 4 rings (SSSR count). The molecule has 0 unspecified atom stereocenters. The van der Waals surface area contributed by atoms with Crippen molar-refractivity contribution in [3.05, 3.63) is 23.1 Å². The first-order valence-corrected chi connectivity index (χ1v) is 11.1. The van der Waals surface area contributed by atoms with Gasteiger partial charge in [0.15, 0.2) is 0 Å². The van der Waals surface area contributed by atoms with Crippen LogP contribution in [0.5, 0.6) is 0 Å². The lowest BCUT2D eigenvalue weighted by molar-refractivity contribution is -0.0402. The molecule has 4 nitrogen and oxygen atoms in total. The van der Waals surface area contributed by atoms with Crippen LogP contribution in [0, 0.1) is 0 Å². The van der Waals surface area contributed by atoms with Gasteiger partial charge in [0, 0.05) is 17.4 Å². The number of thioether (sulfide) groups is 1. The van der Waals surface area contributed by atoms with Crippen molar-refractivity contribution in [2.75, 3.05) is 5.75 Å². The third-order valence-electron chi connectivity index (χ3n) is 4.82. The molecule has 3 aromatic heterocycles. The lowest BCUT2D eigenvalue weighted by Gasteiger charge is -2.33. The molecule has 0 bridgehead atoms. The maximum absolute atomic E-state index is 6.12. The summed E-state index contributed by atoms with van der Waals surface area (Å²) < 4.78 is 7.30. The summed E-state index contributed by atoms with van der Waals surface area (Å²) >= 11 is 3.57. The zero-order valence-electron chi connectivity index (χ0n) is 16.0. The first-order valence-electron chi connectivity index (χ1n) is 9.27. The van der Waals surface area contributed by atoms with Crippen LogP contribution in [0.2, 0.25) is 0 Å². The van der Waals surface area contributed by atoms with Crippen molar-refractivity contribution in [3.8, 4) is 0 Å². The van der Waals surface area contributed by atoms with Crippen molar-refractivity contribution in [1.82, 2.24) is 15.0 Å². The minimum absolute atomic E-state index is 0.156. The zero-order chi connectivity index (χ0) is 18.5. The quantitative estimate of drug-likeness (QED) is 0.423. The molecule has 26 heavy (non-hydrogen) atoms. The van der Waals surface area contributed by atoms with Crippen LogP contribution in [-0.2, 0) is 17.8 Å². The molecule has 138 valence electrons. The highest BCUT2D eigenvalue weighted by atomic mass is 32.2. The second-order valence-electron chi connectivity index (χ2n) is 7.82. The van der Waals surface area contributed by atoms with E-state index < -0.39 is 0 Å². The van der Waals surface area contributed by atoms with Gasteiger partial charge in [-0.05, 0) is 37.5 Å². The lowest BCUT2D eigenvalue weighted by atomic mass is 9.87. The van der Waals surface area contributed by atoms with E-state index in [-0.39, 0.29) is 5.60 Å². The molecule has 6 heteroatoms. The monoisotopic (exact) mass is 387 g/mol. The predicted octanol–water partition coefficient (Wildman–Crippen LogP) is 5.72. The molecule has 0 aromatic carbocycles. The van der Waals surface area contributed by atoms with Crippen molar-refractivity contribution in [3.63, 3.8) is 0 Å². The molecule has 1 aliphatic rings. The number of nitrogens with zero attached hydrogens (tertiary/aromatic N) is 3. The summed E-state index contributed by atoms with van der Waals surface area (Å²) in [5, 5.41) is 2.31. The fourth-order valence-electron chi connectivity index (χ4n) is 3.59. The average Bonchev–Trinajstić information content (AvgIpc) is 2.97. The summed E-state index contributed by atoms with van der Waals surface area (Å²) in [6, 6.07) is 0. The third-order valence-corrected chi connectivity index (χ3v) is 7.22. The highest BCUT2D eigenvalue weighted by Crippen LogP contribution is 2.43. The Kier molecular flexibility index (Phi) is 4.70. The van der Waals surface area contributed by atoms with Crippen LogP contribution in [0.4, 0.5) is 0 Å². The van der Waals surface area contributed by atoms with Gasteiger partial charge in [0.05, 0.1) is 28.1 Å². The topological polar surface area (TPSA) is 47.9 Å². The van der Waals surface area contributed by atoms with Gasteiger partial charge in [-0.1, -0.05) is 20.8 Å². The summed E-state index contributed by atoms with van der Waals surface area (Å²) in [6.45, 7) is 11.6. The van der Waals surface area contributed by atoms with Crippen LogP contribution in [0.1, 0.15) is 63.8 Å². The number of rotatable bonds is 4. The van der Waals surface area contributed by atoms with Crippen molar-refractivity contribution in [1.29, 1.82) is 0 Å². The summed E-state index contributed by atoms with van der Waals surface area (Å²) in [5.74, 6) is 1.45. The minimum Gasteiger partial charge on any atom is -0.370 e. The Morgan fingerprint density at radius 1 is 1.27 bits per heavy atom. The van der Waals surface area contributed by atoms with E-state index >= 15 is 0 Å². The van der Waals surface area contributed by atoms with Gasteiger partial charge in [-0.3, -0.25) is 0 Å². The second kappa shape index (κ2) is 6.73. The fourth-order valence-corrected chi connectivity index (χ4v) is 5.69.